The molecule has 0 amide bonds. The van der Waals surface area contributed by atoms with Crippen molar-refractivity contribution in [2.45, 2.75) is 19.9 Å². The number of benzene rings is 1. The maximum atomic E-state index is 4.56. The van der Waals surface area contributed by atoms with Gasteiger partial charge in [-0.2, -0.15) is 4.98 Å². The van der Waals surface area contributed by atoms with Gasteiger partial charge < -0.3 is 10.6 Å². The van der Waals surface area contributed by atoms with Crippen molar-refractivity contribution in [3.8, 4) is 11.4 Å². The Labute approximate surface area is 135 Å². The molecule has 0 saturated heterocycles. The first kappa shape index (κ1) is 15.0. The van der Waals surface area contributed by atoms with Crippen LogP contribution in [0.1, 0.15) is 13.8 Å². The standard InChI is InChI=1S/C18H19N5/c1-13(2)20-18-22-16(15-10-6-7-11-19-15)12-17(23-18)21-14-8-4-3-5-9-14/h3-13H,1-2H3,(H2,20,21,22,23). The van der Waals surface area contributed by atoms with Gasteiger partial charge in [-0.3, -0.25) is 4.98 Å². The van der Waals surface area contributed by atoms with E-state index in [4.69, 9.17) is 0 Å². The van der Waals surface area contributed by atoms with Gasteiger partial charge in [0.2, 0.25) is 5.95 Å². The van der Waals surface area contributed by atoms with Crippen LogP contribution in [0.5, 0.6) is 0 Å². The molecule has 2 heterocycles. The fourth-order valence-electron chi connectivity index (χ4n) is 2.15. The highest BCUT2D eigenvalue weighted by atomic mass is 15.2. The molecule has 0 atom stereocenters. The summed E-state index contributed by atoms with van der Waals surface area (Å²) < 4.78 is 0. The van der Waals surface area contributed by atoms with Crippen LogP contribution in [-0.2, 0) is 0 Å². The Morgan fingerprint density at radius 2 is 1.65 bits per heavy atom. The van der Waals surface area contributed by atoms with E-state index in [0.717, 1.165) is 22.9 Å². The van der Waals surface area contributed by atoms with Gasteiger partial charge >= 0.3 is 0 Å². The lowest BCUT2D eigenvalue weighted by atomic mass is 10.2. The molecule has 0 unspecified atom stereocenters. The first-order chi connectivity index (χ1) is 11.2. The molecular weight excluding hydrogens is 286 g/mol. The van der Waals surface area contributed by atoms with E-state index in [9.17, 15) is 0 Å². The molecule has 0 bridgehead atoms. The summed E-state index contributed by atoms with van der Waals surface area (Å²) in [6.07, 6.45) is 1.76. The topological polar surface area (TPSA) is 62.7 Å². The van der Waals surface area contributed by atoms with E-state index in [1.165, 1.54) is 0 Å². The summed E-state index contributed by atoms with van der Waals surface area (Å²) in [5.74, 6) is 1.32. The Bertz CT molecular complexity index is 757. The van der Waals surface area contributed by atoms with Gasteiger partial charge in [0.05, 0.1) is 11.4 Å². The second-order valence-corrected chi connectivity index (χ2v) is 5.47. The Hall–Kier alpha value is -2.95. The molecule has 1 aromatic carbocycles. The van der Waals surface area contributed by atoms with E-state index in [0.29, 0.717) is 5.95 Å². The van der Waals surface area contributed by atoms with Crippen LogP contribution in [0.25, 0.3) is 11.4 Å². The van der Waals surface area contributed by atoms with Crippen LogP contribution in [0.4, 0.5) is 17.5 Å². The number of aromatic nitrogens is 3. The van der Waals surface area contributed by atoms with E-state index < -0.39 is 0 Å². The lowest BCUT2D eigenvalue weighted by molar-refractivity contribution is 0.875. The van der Waals surface area contributed by atoms with Crippen molar-refractivity contribution in [3.63, 3.8) is 0 Å². The number of hydrogen-bond acceptors (Lipinski definition) is 5. The van der Waals surface area contributed by atoms with Crippen molar-refractivity contribution >= 4 is 17.5 Å². The molecular formula is C18H19N5. The molecule has 0 fully saturated rings. The van der Waals surface area contributed by atoms with Gasteiger partial charge in [-0.05, 0) is 38.1 Å². The van der Waals surface area contributed by atoms with Crippen molar-refractivity contribution in [2.24, 2.45) is 0 Å². The molecule has 116 valence electrons. The molecule has 5 heteroatoms. The van der Waals surface area contributed by atoms with E-state index in [1.54, 1.807) is 6.20 Å². The van der Waals surface area contributed by atoms with Crippen LogP contribution >= 0.6 is 0 Å². The number of nitrogens with one attached hydrogen (secondary N) is 2. The lowest BCUT2D eigenvalue weighted by Crippen LogP contribution is -2.13. The van der Waals surface area contributed by atoms with Crippen LogP contribution < -0.4 is 10.6 Å². The largest absolute Gasteiger partial charge is 0.352 e. The molecule has 3 aromatic rings. The normalized spacial score (nSPS) is 10.6. The van der Waals surface area contributed by atoms with Crippen LogP contribution in [0.2, 0.25) is 0 Å². The third kappa shape index (κ3) is 4.03. The number of anilines is 3. The first-order valence-electron chi connectivity index (χ1n) is 7.60. The summed E-state index contributed by atoms with van der Waals surface area (Å²) in [6.45, 7) is 4.11. The van der Waals surface area contributed by atoms with Gasteiger partial charge in [-0.1, -0.05) is 24.3 Å². The van der Waals surface area contributed by atoms with Crippen LogP contribution in [-0.4, -0.2) is 21.0 Å². The Morgan fingerprint density at radius 1 is 0.870 bits per heavy atom. The molecule has 0 spiro atoms. The Kier molecular flexibility index (Phi) is 4.47. The highest BCUT2D eigenvalue weighted by Gasteiger charge is 2.08. The zero-order chi connectivity index (χ0) is 16.1. The zero-order valence-electron chi connectivity index (χ0n) is 13.2. The van der Waals surface area contributed by atoms with Gasteiger partial charge in [0.15, 0.2) is 0 Å². The number of hydrogen-bond donors (Lipinski definition) is 2. The zero-order valence-corrected chi connectivity index (χ0v) is 13.2. The maximum absolute atomic E-state index is 4.56. The number of nitrogens with zero attached hydrogens (tertiary/aromatic N) is 3. The summed E-state index contributed by atoms with van der Waals surface area (Å²) in [5.41, 5.74) is 2.58. The average molecular weight is 305 g/mol. The van der Waals surface area contributed by atoms with Crippen molar-refractivity contribution in [2.75, 3.05) is 10.6 Å². The van der Waals surface area contributed by atoms with E-state index in [-0.39, 0.29) is 6.04 Å². The molecule has 23 heavy (non-hydrogen) atoms. The highest BCUT2D eigenvalue weighted by molar-refractivity contribution is 5.65. The molecule has 0 saturated carbocycles. The average Bonchev–Trinajstić information content (AvgIpc) is 2.56. The van der Waals surface area contributed by atoms with Crippen molar-refractivity contribution in [1.82, 2.24) is 15.0 Å². The van der Waals surface area contributed by atoms with Gasteiger partial charge in [0.25, 0.3) is 0 Å². The molecule has 0 aliphatic carbocycles. The van der Waals surface area contributed by atoms with Gasteiger partial charge in [-0.25, -0.2) is 4.98 Å². The summed E-state index contributed by atoms with van der Waals surface area (Å²) in [6, 6.07) is 17.9. The molecule has 0 radical (unpaired) electrons. The van der Waals surface area contributed by atoms with Gasteiger partial charge in [0.1, 0.15) is 5.82 Å². The fourth-order valence-corrected chi connectivity index (χ4v) is 2.15. The second kappa shape index (κ2) is 6.87. The van der Waals surface area contributed by atoms with E-state index in [1.807, 2.05) is 54.6 Å². The van der Waals surface area contributed by atoms with Gasteiger partial charge in [-0.15, -0.1) is 0 Å². The monoisotopic (exact) mass is 305 g/mol. The minimum absolute atomic E-state index is 0.249. The number of para-hydroxylation sites is 1. The predicted octanol–water partition coefficient (Wildman–Crippen LogP) is 4.10. The molecule has 3 rings (SSSR count). The smallest absolute Gasteiger partial charge is 0.225 e. The predicted molar refractivity (Wildman–Crippen MR) is 93.7 cm³/mol. The Morgan fingerprint density at radius 3 is 2.35 bits per heavy atom. The molecule has 2 N–H and O–H groups in total. The summed E-state index contributed by atoms with van der Waals surface area (Å²) in [4.78, 5) is 13.5. The fraction of sp³-hybridized carbons (Fsp3) is 0.167. The summed E-state index contributed by atoms with van der Waals surface area (Å²) in [7, 11) is 0. The van der Waals surface area contributed by atoms with E-state index in [2.05, 4.69) is 39.4 Å². The summed E-state index contributed by atoms with van der Waals surface area (Å²) in [5, 5.41) is 6.56. The first-order valence-corrected chi connectivity index (χ1v) is 7.60. The van der Waals surface area contributed by atoms with Crippen molar-refractivity contribution in [1.29, 1.82) is 0 Å². The summed E-state index contributed by atoms with van der Waals surface area (Å²) >= 11 is 0. The SMILES string of the molecule is CC(C)Nc1nc(Nc2ccccc2)cc(-c2ccccn2)n1. The molecule has 5 nitrogen and oxygen atoms in total. The minimum atomic E-state index is 0.249. The van der Waals surface area contributed by atoms with Crippen molar-refractivity contribution in [3.05, 3.63) is 60.8 Å². The van der Waals surface area contributed by atoms with Crippen LogP contribution in [0.15, 0.2) is 60.8 Å². The van der Waals surface area contributed by atoms with Gasteiger partial charge in [0, 0.05) is 24.0 Å². The van der Waals surface area contributed by atoms with Crippen LogP contribution in [0, 0.1) is 0 Å². The highest BCUT2D eigenvalue weighted by Crippen LogP contribution is 2.22. The van der Waals surface area contributed by atoms with Crippen molar-refractivity contribution < 1.29 is 0 Å². The molecule has 0 aliphatic heterocycles. The van der Waals surface area contributed by atoms with E-state index >= 15 is 0 Å². The quantitative estimate of drug-likeness (QED) is 0.743. The number of rotatable bonds is 5. The lowest BCUT2D eigenvalue weighted by Gasteiger charge is -2.12. The minimum Gasteiger partial charge on any atom is -0.352 e. The second-order valence-electron chi connectivity index (χ2n) is 5.47. The van der Waals surface area contributed by atoms with Crippen LogP contribution in [0.3, 0.4) is 0 Å². The molecule has 2 aromatic heterocycles. The Balaban J connectivity index is 1.98. The maximum Gasteiger partial charge on any atom is 0.225 e. The third-order valence-electron chi connectivity index (χ3n) is 3.12. The molecule has 0 aliphatic rings. The number of pyridine rings is 1. The third-order valence-corrected chi connectivity index (χ3v) is 3.12.